The summed E-state index contributed by atoms with van der Waals surface area (Å²) < 4.78 is 27.8. The van der Waals surface area contributed by atoms with Gasteiger partial charge in [-0.15, -0.1) is 0 Å². The largest absolute Gasteiger partial charge is 0.295 e. The molecule has 1 aliphatic heterocycles. The first-order valence-electron chi connectivity index (χ1n) is 9.02. The smallest absolute Gasteiger partial charge is 0.280 e. The molecule has 26 heavy (non-hydrogen) atoms. The third-order valence-corrected chi connectivity index (χ3v) is 4.38. The van der Waals surface area contributed by atoms with Gasteiger partial charge in [-0.2, -0.15) is 0 Å². The van der Waals surface area contributed by atoms with Crippen LogP contribution in [0, 0.1) is 17.6 Å². The zero-order valence-corrected chi connectivity index (χ0v) is 16.0. The first-order chi connectivity index (χ1) is 12.3. The summed E-state index contributed by atoms with van der Waals surface area (Å²) in [4.78, 5) is 13.2. The molecule has 1 aromatic rings. The molecule has 0 aliphatic carbocycles. The third kappa shape index (κ3) is 3.73. The summed E-state index contributed by atoms with van der Waals surface area (Å²) in [7, 11) is 0. The van der Waals surface area contributed by atoms with E-state index in [1.165, 1.54) is 17.1 Å². The number of likely N-dealkylation sites (N-methyl/N-ethyl adjacent to an activating group) is 2. The minimum absolute atomic E-state index is 0.168. The molecule has 1 heterocycles. The summed E-state index contributed by atoms with van der Waals surface area (Å²) in [5, 5.41) is 7.97. The van der Waals surface area contributed by atoms with Crippen molar-refractivity contribution >= 4 is 11.6 Å². The second-order valence-corrected chi connectivity index (χ2v) is 6.86. The van der Waals surface area contributed by atoms with Gasteiger partial charge in [0.1, 0.15) is 11.6 Å². The van der Waals surface area contributed by atoms with Crippen LogP contribution in [0.3, 0.4) is 0 Å². The van der Waals surface area contributed by atoms with Gasteiger partial charge in [-0.05, 0) is 43.6 Å². The van der Waals surface area contributed by atoms with E-state index in [0.29, 0.717) is 30.9 Å². The molecular formula is C19H28F2N4O. The molecule has 144 valence electrons. The molecule has 0 atom stereocenters. The molecule has 0 saturated heterocycles. The van der Waals surface area contributed by atoms with Crippen LogP contribution in [0.5, 0.6) is 0 Å². The van der Waals surface area contributed by atoms with E-state index in [2.05, 4.69) is 16.1 Å². The molecule has 0 saturated carbocycles. The summed E-state index contributed by atoms with van der Waals surface area (Å²) in [6.45, 7) is 11.1. The fourth-order valence-electron chi connectivity index (χ4n) is 3.28. The van der Waals surface area contributed by atoms with Crippen molar-refractivity contribution in [1.82, 2.24) is 21.1 Å². The van der Waals surface area contributed by atoms with Gasteiger partial charge < -0.3 is 0 Å². The fraction of sp³-hybridized carbons (Fsp3) is 0.526. The molecule has 5 nitrogen and oxygen atoms in total. The lowest BCUT2D eigenvalue weighted by Crippen LogP contribution is -2.71. The summed E-state index contributed by atoms with van der Waals surface area (Å²) in [5.41, 5.74) is 3.23. The van der Waals surface area contributed by atoms with Crippen LogP contribution >= 0.6 is 0 Å². The number of hydrogen-bond donors (Lipinski definition) is 3. The van der Waals surface area contributed by atoms with Crippen molar-refractivity contribution < 1.29 is 13.6 Å². The summed E-state index contributed by atoms with van der Waals surface area (Å²) in [6.07, 6.45) is 0. The average Bonchev–Trinajstić information content (AvgIpc) is 2.56. The molecule has 1 aliphatic rings. The zero-order valence-electron chi connectivity index (χ0n) is 16.0. The first-order valence-corrected chi connectivity index (χ1v) is 9.02. The van der Waals surface area contributed by atoms with E-state index in [-0.39, 0.29) is 17.4 Å². The van der Waals surface area contributed by atoms with E-state index in [1.54, 1.807) is 6.92 Å². The topological polar surface area (TPSA) is 56.4 Å². The van der Waals surface area contributed by atoms with Crippen molar-refractivity contribution in [3.63, 3.8) is 0 Å². The van der Waals surface area contributed by atoms with E-state index in [4.69, 9.17) is 0 Å². The number of carbonyl (C=O) groups excluding carboxylic acids is 1. The summed E-state index contributed by atoms with van der Waals surface area (Å²) in [6, 6.07) is 3.46. The third-order valence-electron chi connectivity index (χ3n) is 4.38. The Kier molecular flexibility index (Phi) is 6.36. The van der Waals surface area contributed by atoms with Crippen LogP contribution in [-0.2, 0) is 4.79 Å². The number of nitrogens with one attached hydrogen (secondary N) is 3. The highest BCUT2D eigenvalue weighted by Crippen LogP contribution is 2.31. The first kappa shape index (κ1) is 20.3. The molecule has 0 spiro atoms. The normalized spacial score (nSPS) is 17.1. The second kappa shape index (κ2) is 8.14. The highest BCUT2D eigenvalue weighted by Gasteiger charge is 2.47. The number of halogens is 2. The number of hydrazine groups is 1. The zero-order chi connectivity index (χ0) is 19.5. The van der Waals surface area contributed by atoms with E-state index in [0.717, 1.165) is 6.07 Å². The van der Waals surface area contributed by atoms with E-state index < -0.39 is 17.3 Å². The van der Waals surface area contributed by atoms with E-state index >= 15 is 0 Å². The second-order valence-electron chi connectivity index (χ2n) is 6.86. The molecule has 0 unspecified atom stereocenters. The van der Waals surface area contributed by atoms with Crippen molar-refractivity contribution in [3.8, 4) is 0 Å². The van der Waals surface area contributed by atoms with Crippen LogP contribution in [0.1, 0.15) is 40.2 Å². The van der Waals surface area contributed by atoms with Gasteiger partial charge >= 0.3 is 0 Å². The molecule has 1 aromatic carbocycles. The SMILES string of the molecule is CCNC1(NCC)C(=O)N(CC(C)C)NC(c2ccc(F)cc2F)=C1C. The number of carbonyl (C=O) groups is 1. The fourth-order valence-corrected chi connectivity index (χ4v) is 3.28. The maximum atomic E-state index is 14.5. The van der Waals surface area contributed by atoms with Crippen LogP contribution in [-0.4, -0.2) is 36.2 Å². The van der Waals surface area contributed by atoms with Crippen molar-refractivity contribution in [2.45, 2.75) is 40.3 Å². The Morgan fingerprint density at radius 3 is 2.31 bits per heavy atom. The Hall–Kier alpha value is -1.99. The van der Waals surface area contributed by atoms with Crippen LogP contribution in [0.4, 0.5) is 8.78 Å². The quantitative estimate of drug-likeness (QED) is 0.650. The minimum atomic E-state index is -1.14. The van der Waals surface area contributed by atoms with Gasteiger partial charge in [-0.3, -0.25) is 25.9 Å². The molecule has 0 radical (unpaired) electrons. The Bertz CT molecular complexity index is 697. The predicted octanol–water partition coefficient (Wildman–Crippen LogP) is 2.61. The Labute approximate surface area is 153 Å². The van der Waals surface area contributed by atoms with E-state index in [1.807, 2.05) is 27.7 Å². The summed E-state index contributed by atoms with van der Waals surface area (Å²) >= 11 is 0. The van der Waals surface area contributed by atoms with Gasteiger partial charge in [0.05, 0.1) is 5.70 Å². The average molecular weight is 366 g/mol. The Balaban J connectivity index is 2.65. The number of benzene rings is 1. The minimum Gasteiger partial charge on any atom is -0.295 e. The lowest BCUT2D eigenvalue weighted by atomic mass is 9.91. The maximum absolute atomic E-state index is 14.5. The molecule has 2 rings (SSSR count). The molecule has 7 heteroatoms. The molecule has 0 bridgehead atoms. The lowest BCUT2D eigenvalue weighted by molar-refractivity contribution is -0.142. The van der Waals surface area contributed by atoms with Gasteiger partial charge in [0.25, 0.3) is 5.91 Å². The highest BCUT2D eigenvalue weighted by atomic mass is 19.1. The van der Waals surface area contributed by atoms with Gasteiger partial charge in [0.15, 0.2) is 5.66 Å². The van der Waals surface area contributed by atoms with Gasteiger partial charge in [0, 0.05) is 18.2 Å². The maximum Gasteiger partial charge on any atom is 0.280 e. The van der Waals surface area contributed by atoms with Crippen LogP contribution in [0.25, 0.3) is 5.70 Å². The molecule has 0 aromatic heterocycles. The number of amides is 1. The Morgan fingerprint density at radius 2 is 1.81 bits per heavy atom. The van der Waals surface area contributed by atoms with Gasteiger partial charge in [-0.1, -0.05) is 27.7 Å². The van der Waals surface area contributed by atoms with Crippen molar-refractivity contribution in [2.75, 3.05) is 19.6 Å². The lowest BCUT2D eigenvalue weighted by Gasteiger charge is -2.45. The van der Waals surface area contributed by atoms with Gasteiger partial charge in [-0.25, -0.2) is 8.78 Å². The summed E-state index contributed by atoms with van der Waals surface area (Å²) in [5.74, 6) is -1.27. The predicted molar refractivity (Wildman–Crippen MR) is 98.7 cm³/mol. The Morgan fingerprint density at radius 1 is 1.19 bits per heavy atom. The monoisotopic (exact) mass is 366 g/mol. The van der Waals surface area contributed by atoms with Crippen molar-refractivity contribution in [3.05, 3.63) is 41.0 Å². The molecular weight excluding hydrogens is 338 g/mol. The molecule has 0 fully saturated rings. The van der Waals surface area contributed by atoms with Gasteiger partial charge in [0.2, 0.25) is 0 Å². The standard InChI is InChI=1S/C19H28F2N4O/c1-6-22-19(23-7-2)13(5)17(15-9-8-14(20)10-16(15)21)24-25(18(19)26)11-12(3)4/h8-10,12,22-24H,6-7,11H2,1-5H3. The molecule has 1 amide bonds. The number of rotatable bonds is 7. The van der Waals surface area contributed by atoms with Crippen LogP contribution < -0.4 is 16.1 Å². The highest BCUT2D eigenvalue weighted by molar-refractivity contribution is 5.95. The van der Waals surface area contributed by atoms with Crippen molar-refractivity contribution in [2.24, 2.45) is 5.92 Å². The van der Waals surface area contributed by atoms with Crippen LogP contribution in [0.2, 0.25) is 0 Å². The number of hydrogen-bond acceptors (Lipinski definition) is 4. The molecule has 3 N–H and O–H groups in total. The number of nitrogens with zero attached hydrogens (tertiary/aromatic N) is 1. The van der Waals surface area contributed by atoms with E-state index in [9.17, 15) is 13.6 Å². The van der Waals surface area contributed by atoms with Crippen molar-refractivity contribution in [1.29, 1.82) is 0 Å². The van der Waals surface area contributed by atoms with Crippen LogP contribution in [0.15, 0.2) is 23.8 Å².